The first-order valence-electron chi connectivity index (χ1n) is 4.92. The van der Waals surface area contributed by atoms with Crippen molar-refractivity contribution in [3.8, 4) is 0 Å². The molecule has 0 aromatic carbocycles. The van der Waals surface area contributed by atoms with Gasteiger partial charge < -0.3 is 15.2 Å². The third-order valence-corrected chi connectivity index (χ3v) is 2.21. The standard InChI is InChI=1S/C11H14N2O2/c12-10(5-11-7-14-8-15-11)4-9-2-1-3-13-6-9/h1-3,6-7,10H,4-5,8,12H2. The van der Waals surface area contributed by atoms with Gasteiger partial charge in [0.15, 0.2) is 0 Å². The van der Waals surface area contributed by atoms with Crippen LogP contribution in [0.4, 0.5) is 0 Å². The molecule has 0 fully saturated rings. The minimum atomic E-state index is 0.0437. The van der Waals surface area contributed by atoms with Crippen LogP contribution in [0.15, 0.2) is 36.5 Å². The van der Waals surface area contributed by atoms with Crippen LogP contribution in [0.1, 0.15) is 12.0 Å². The van der Waals surface area contributed by atoms with Crippen LogP contribution in [0, 0.1) is 0 Å². The summed E-state index contributed by atoms with van der Waals surface area (Å²) in [6.45, 7) is 0.314. The topological polar surface area (TPSA) is 57.4 Å². The smallest absolute Gasteiger partial charge is 0.229 e. The monoisotopic (exact) mass is 206 g/mol. The van der Waals surface area contributed by atoms with E-state index in [1.54, 1.807) is 12.5 Å². The number of pyridine rings is 1. The Morgan fingerprint density at radius 2 is 2.40 bits per heavy atom. The lowest BCUT2D eigenvalue weighted by atomic mass is 10.1. The fourth-order valence-corrected chi connectivity index (χ4v) is 1.53. The van der Waals surface area contributed by atoms with Gasteiger partial charge in [-0.2, -0.15) is 0 Å². The molecule has 0 bridgehead atoms. The van der Waals surface area contributed by atoms with Crippen molar-refractivity contribution in [3.05, 3.63) is 42.1 Å². The zero-order valence-electron chi connectivity index (χ0n) is 8.43. The van der Waals surface area contributed by atoms with Crippen LogP contribution in [-0.2, 0) is 15.9 Å². The molecule has 2 N–H and O–H groups in total. The third-order valence-electron chi connectivity index (χ3n) is 2.21. The van der Waals surface area contributed by atoms with Crippen molar-refractivity contribution in [2.24, 2.45) is 5.73 Å². The molecule has 1 aliphatic heterocycles. The lowest BCUT2D eigenvalue weighted by molar-refractivity contribution is 0.0770. The minimum Gasteiger partial charge on any atom is -0.462 e. The third kappa shape index (κ3) is 2.95. The van der Waals surface area contributed by atoms with Crippen LogP contribution >= 0.6 is 0 Å². The number of nitrogens with zero attached hydrogens (tertiary/aromatic N) is 1. The summed E-state index contributed by atoms with van der Waals surface area (Å²) < 4.78 is 10.2. The highest BCUT2D eigenvalue weighted by atomic mass is 16.7. The van der Waals surface area contributed by atoms with Crippen LogP contribution in [0.25, 0.3) is 0 Å². The molecule has 0 spiro atoms. The van der Waals surface area contributed by atoms with Gasteiger partial charge in [0.2, 0.25) is 6.79 Å². The van der Waals surface area contributed by atoms with Crippen LogP contribution < -0.4 is 5.73 Å². The van der Waals surface area contributed by atoms with Crippen LogP contribution in [0.5, 0.6) is 0 Å². The number of rotatable bonds is 4. The van der Waals surface area contributed by atoms with E-state index in [-0.39, 0.29) is 6.04 Å². The Morgan fingerprint density at radius 1 is 1.47 bits per heavy atom. The van der Waals surface area contributed by atoms with Crippen LogP contribution in [-0.4, -0.2) is 17.8 Å². The molecule has 0 amide bonds. The Hall–Kier alpha value is -1.55. The predicted octanol–water partition coefficient (Wildman–Crippen LogP) is 1.19. The van der Waals surface area contributed by atoms with Gasteiger partial charge >= 0.3 is 0 Å². The predicted molar refractivity (Wildman–Crippen MR) is 55.7 cm³/mol. The molecule has 0 saturated carbocycles. The zero-order chi connectivity index (χ0) is 10.5. The van der Waals surface area contributed by atoms with Gasteiger partial charge in [-0.25, -0.2) is 0 Å². The molecule has 0 saturated heterocycles. The van der Waals surface area contributed by atoms with E-state index in [0.717, 1.165) is 17.7 Å². The molecule has 80 valence electrons. The van der Waals surface area contributed by atoms with E-state index in [2.05, 4.69) is 4.98 Å². The Labute approximate surface area is 88.7 Å². The molecule has 1 unspecified atom stereocenters. The quantitative estimate of drug-likeness (QED) is 0.803. The highest BCUT2D eigenvalue weighted by Crippen LogP contribution is 2.14. The van der Waals surface area contributed by atoms with E-state index in [1.165, 1.54) is 0 Å². The first-order chi connectivity index (χ1) is 7.34. The number of hydrogen-bond acceptors (Lipinski definition) is 4. The first kappa shape index (κ1) is 9.98. The average molecular weight is 206 g/mol. The summed E-state index contributed by atoms with van der Waals surface area (Å²) >= 11 is 0. The molecule has 1 aromatic rings. The molecule has 1 aliphatic rings. The second kappa shape index (κ2) is 4.79. The van der Waals surface area contributed by atoms with Gasteiger partial charge in [0.05, 0.1) is 0 Å². The molecular formula is C11H14N2O2. The Bertz CT molecular complexity index is 338. The molecule has 4 nitrogen and oxygen atoms in total. The van der Waals surface area contributed by atoms with E-state index in [9.17, 15) is 0 Å². The maximum absolute atomic E-state index is 5.98. The van der Waals surface area contributed by atoms with Crippen molar-refractivity contribution in [1.29, 1.82) is 0 Å². The van der Waals surface area contributed by atoms with E-state index in [0.29, 0.717) is 13.2 Å². The van der Waals surface area contributed by atoms with Crippen molar-refractivity contribution in [2.75, 3.05) is 6.79 Å². The summed E-state index contributed by atoms with van der Waals surface area (Å²) in [5.41, 5.74) is 7.12. The van der Waals surface area contributed by atoms with Crippen molar-refractivity contribution in [1.82, 2.24) is 4.98 Å². The lowest BCUT2D eigenvalue weighted by Crippen LogP contribution is -2.23. The molecule has 2 rings (SSSR count). The summed E-state index contributed by atoms with van der Waals surface area (Å²) in [6, 6.07) is 3.98. The highest BCUT2D eigenvalue weighted by Gasteiger charge is 2.12. The summed E-state index contributed by atoms with van der Waals surface area (Å²) in [5, 5.41) is 0. The minimum absolute atomic E-state index is 0.0437. The summed E-state index contributed by atoms with van der Waals surface area (Å²) in [4.78, 5) is 4.04. The van der Waals surface area contributed by atoms with Gasteiger partial charge in [-0.1, -0.05) is 6.07 Å². The SMILES string of the molecule is NC(CC1=COCO1)Cc1cccnc1. The van der Waals surface area contributed by atoms with Gasteiger partial charge in [0.1, 0.15) is 12.0 Å². The van der Waals surface area contributed by atoms with Gasteiger partial charge in [-0.3, -0.25) is 4.98 Å². The molecule has 0 radical (unpaired) electrons. The molecule has 1 aromatic heterocycles. The van der Waals surface area contributed by atoms with Crippen LogP contribution in [0.3, 0.4) is 0 Å². The summed E-state index contributed by atoms with van der Waals surface area (Å²) in [5.74, 6) is 0.825. The normalized spacial score (nSPS) is 16.5. The molecular weight excluding hydrogens is 192 g/mol. The first-order valence-corrected chi connectivity index (χ1v) is 4.92. The number of ether oxygens (including phenoxy) is 2. The Balaban J connectivity index is 1.84. The zero-order valence-corrected chi connectivity index (χ0v) is 8.43. The van der Waals surface area contributed by atoms with E-state index < -0.39 is 0 Å². The second-order valence-electron chi connectivity index (χ2n) is 3.54. The van der Waals surface area contributed by atoms with Gasteiger partial charge in [-0.15, -0.1) is 0 Å². The number of nitrogens with two attached hydrogens (primary N) is 1. The second-order valence-corrected chi connectivity index (χ2v) is 3.54. The fourth-order valence-electron chi connectivity index (χ4n) is 1.53. The van der Waals surface area contributed by atoms with Crippen LogP contribution in [0.2, 0.25) is 0 Å². The van der Waals surface area contributed by atoms with Gasteiger partial charge in [-0.05, 0) is 18.1 Å². The molecule has 1 atom stereocenters. The van der Waals surface area contributed by atoms with E-state index in [1.807, 2.05) is 18.3 Å². The molecule has 4 heteroatoms. The Kier molecular flexibility index (Phi) is 3.19. The lowest BCUT2D eigenvalue weighted by Gasteiger charge is -2.10. The van der Waals surface area contributed by atoms with Crippen molar-refractivity contribution < 1.29 is 9.47 Å². The van der Waals surface area contributed by atoms with E-state index >= 15 is 0 Å². The molecule has 15 heavy (non-hydrogen) atoms. The highest BCUT2D eigenvalue weighted by molar-refractivity contribution is 5.11. The summed E-state index contributed by atoms with van der Waals surface area (Å²) in [7, 11) is 0. The number of hydrogen-bond donors (Lipinski definition) is 1. The number of aromatic nitrogens is 1. The molecule has 2 heterocycles. The van der Waals surface area contributed by atoms with Crippen molar-refractivity contribution in [3.63, 3.8) is 0 Å². The van der Waals surface area contributed by atoms with Crippen molar-refractivity contribution >= 4 is 0 Å². The van der Waals surface area contributed by atoms with Gasteiger partial charge in [0.25, 0.3) is 0 Å². The van der Waals surface area contributed by atoms with Gasteiger partial charge in [0, 0.05) is 24.9 Å². The maximum Gasteiger partial charge on any atom is 0.229 e. The molecule has 0 aliphatic carbocycles. The van der Waals surface area contributed by atoms with E-state index in [4.69, 9.17) is 15.2 Å². The summed E-state index contributed by atoms with van der Waals surface area (Å²) in [6.07, 6.45) is 6.72. The largest absolute Gasteiger partial charge is 0.462 e. The van der Waals surface area contributed by atoms with Crippen molar-refractivity contribution in [2.45, 2.75) is 18.9 Å². The maximum atomic E-state index is 5.98. The fraction of sp³-hybridized carbons (Fsp3) is 0.364. The Morgan fingerprint density at radius 3 is 3.07 bits per heavy atom. The average Bonchev–Trinajstić information content (AvgIpc) is 2.71.